The minimum Gasteiger partial charge on any atom is -0.307 e. The van der Waals surface area contributed by atoms with Gasteiger partial charge >= 0.3 is 6.18 Å². The summed E-state index contributed by atoms with van der Waals surface area (Å²) in [4.78, 5) is 1.06. The number of nitrogens with one attached hydrogen (secondary N) is 1. The smallest absolute Gasteiger partial charge is 0.307 e. The monoisotopic (exact) mass is 321 g/mol. The molecule has 0 fully saturated rings. The second-order valence-electron chi connectivity index (χ2n) is 5.45. The van der Waals surface area contributed by atoms with E-state index in [9.17, 15) is 17.6 Å². The lowest BCUT2D eigenvalue weighted by Crippen LogP contribution is -2.32. The van der Waals surface area contributed by atoms with Gasteiger partial charge in [0.05, 0.1) is 0 Å². The number of fused-ring (bicyclic) bond motifs is 1. The zero-order valence-electron chi connectivity index (χ0n) is 11.8. The Morgan fingerprint density at radius 1 is 1.38 bits per heavy atom. The molecule has 1 nitrogen and oxygen atoms in total. The first kappa shape index (κ1) is 16.6. The van der Waals surface area contributed by atoms with E-state index < -0.39 is 12.6 Å². The van der Waals surface area contributed by atoms with Crippen LogP contribution in [0.2, 0.25) is 0 Å². The van der Waals surface area contributed by atoms with Crippen molar-refractivity contribution in [3.05, 3.63) is 29.6 Å². The maximum Gasteiger partial charge on any atom is 0.389 e. The molecule has 1 aromatic carbocycles. The molecule has 0 aromatic heterocycles. The highest BCUT2D eigenvalue weighted by atomic mass is 32.2. The van der Waals surface area contributed by atoms with Crippen molar-refractivity contribution in [3.8, 4) is 0 Å². The van der Waals surface area contributed by atoms with Gasteiger partial charge in [-0.3, -0.25) is 0 Å². The number of halogens is 4. The largest absolute Gasteiger partial charge is 0.389 e. The van der Waals surface area contributed by atoms with Crippen LogP contribution in [-0.2, 0) is 0 Å². The number of thioether (sulfide) groups is 1. The number of hydrogen-bond donors (Lipinski definition) is 1. The van der Waals surface area contributed by atoms with Crippen LogP contribution in [0.15, 0.2) is 23.1 Å². The molecular formula is C15H19F4NS. The highest BCUT2D eigenvalue weighted by Gasteiger charge is 2.27. The van der Waals surface area contributed by atoms with E-state index in [1.807, 2.05) is 6.92 Å². The van der Waals surface area contributed by atoms with Gasteiger partial charge in [-0.05, 0) is 55.7 Å². The van der Waals surface area contributed by atoms with Crippen molar-refractivity contribution in [2.24, 2.45) is 0 Å². The summed E-state index contributed by atoms with van der Waals surface area (Å²) >= 11 is 1.69. The first-order chi connectivity index (χ1) is 9.85. The summed E-state index contributed by atoms with van der Waals surface area (Å²) in [5, 5.41) is 3.34. The van der Waals surface area contributed by atoms with Crippen LogP contribution in [0.5, 0.6) is 0 Å². The van der Waals surface area contributed by atoms with Crippen LogP contribution in [0.1, 0.15) is 44.2 Å². The highest BCUT2D eigenvalue weighted by molar-refractivity contribution is 7.99. The number of rotatable bonds is 5. The Kier molecular flexibility index (Phi) is 5.54. The lowest BCUT2D eigenvalue weighted by molar-refractivity contribution is -0.135. The summed E-state index contributed by atoms with van der Waals surface area (Å²) in [6.07, 6.45) is -3.38. The summed E-state index contributed by atoms with van der Waals surface area (Å²) in [6.45, 7) is 1.89. The van der Waals surface area contributed by atoms with Gasteiger partial charge in [-0.15, -0.1) is 11.8 Å². The fourth-order valence-corrected chi connectivity index (χ4v) is 3.68. The molecule has 0 aliphatic carbocycles. The minimum absolute atomic E-state index is 0.0171. The predicted octanol–water partition coefficient (Wildman–Crippen LogP) is 5.07. The molecule has 0 amide bonds. The first-order valence-electron chi connectivity index (χ1n) is 7.10. The molecule has 1 aliphatic rings. The summed E-state index contributed by atoms with van der Waals surface area (Å²) in [5.74, 6) is 0.666. The lowest BCUT2D eigenvalue weighted by Gasteiger charge is -2.29. The Hall–Kier alpha value is -0.750. The Labute approximate surface area is 126 Å². The van der Waals surface area contributed by atoms with Crippen LogP contribution < -0.4 is 5.32 Å². The second-order valence-corrected chi connectivity index (χ2v) is 6.58. The molecule has 1 aromatic rings. The molecular weight excluding hydrogens is 302 g/mol. The van der Waals surface area contributed by atoms with E-state index in [2.05, 4.69) is 5.32 Å². The normalized spacial score (nSPS) is 20.1. The quantitative estimate of drug-likeness (QED) is 0.760. The SMILES string of the molecule is CC(CCCC(F)(F)F)NC1CCSc2ccc(F)cc21. The fourth-order valence-electron chi connectivity index (χ4n) is 2.57. The average Bonchev–Trinajstić information content (AvgIpc) is 2.38. The van der Waals surface area contributed by atoms with Crippen LogP contribution >= 0.6 is 11.8 Å². The zero-order valence-corrected chi connectivity index (χ0v) is 12.7. The van der Waals surface area contributed by atoms with Gasteiger partial charge in [0.25, 0.3) is 0 Å². The van der Waals surface area contributed by atoms with E-state index in [1.54, 1.807) is 17.8 Å². The standard InChI is InChI=1S/C15H19F4NS/c1-10(3-2-7-15(17,18)19)20-13-6-8-21-14-5-4-11(16)9-12(13)14/h4-5,9-10,13,20H,2-3,6-8H2,1H3. The van der Waals surface area contributed by atoms with Crippen molar-refractivity contribution < 1.29 is 17.6 Å². The van der Waals surface area contributed by atoms with Crippen molar-refractivity contribution in [3.63, 3.8) is 0 Å². The van der Waals surface area contributed by atoms with Gasteiger partial charge in [0.2, 0.25) is 0 Å². The fraction of sp³-hybridized carbons (Fsp3) is 0.600. The van der Waals surface area contributed by atoms with E-state index >= 15 is 0 Å². The molecule has 118 valence electrons. The Morgan fingerprint density at radius 2 is 2.14 bits per heavy atom. The van der Waals surface area contributed by atoms with Gasteiger partial charge in [-0.25, -0.2) is 4.39 Å². The Balaban J connectivity index is 1.90. The summed E-state index contributed by atoms with van der Waals surface area (Å²) in [7, 11) is 0. The molecule has 0 bridgehead atoms. The minimum atomic E-state index is -4.09. The van der Waals surface area contributed by atoms with E-state index in [1.165, 1.54) is 12.1 Å². The van der Waals surface area contributed by atoms with Gasteiger partial charge < -0.3 is 5.32 Å². The second kappa shape index (κ2) is 7.01. The Bertz CT molecular complexity index is 475. The molecule has 2 rings (SSSR count). The molecule has 1 N–H and O–H groups in total. The van der Waals surface area contributed by atoms with E-state index in [0.29, 0.717) is 6.42 Å². The topological polar surface area (TPSA) is 12.0 Å². The Morgan fingerprint density at radius 3 is 2.86 bits per heavy atom. The molecule has 0 radical (unpaired) electrons. The molecule has 0 spiro atoms. The first-order valence-corrected chi connectivity index (χ1v) is 8.09. The van der Waals surface area contributed by atoms with Gasteiger partial charge in [0, 0.05) is 23.4 Å². The molecule has 0 saturated carbocycles. The van der Waals surface area contributed by atoms with Crippen LogP contribution in [0.25, 0.3) is 0 Å². The van der Waals surface area contributed by atoms with E-state index in [-0.39, 0.29) is 24.3 Å². The van der Waals surface area contributed by atoms with Crippen LogP contribution in [0.4, 0.5) is 17.6 Å². The van der Waals surface area contributed by atoms with Gasteiger partial charge in [-0.2, -0.15) is 13.2 Å². The van der Waals surface area contributed by atoms with Crippen LogP contribution in [0, 0.1) is 5.82 Å². The van der Waals surface area contributed by atoms with Crippen molar-refractivity contribution in [2.75, 3.05) is 5.75 Å². The predicted molar refractivity (Wildman–Crippen MR) is 77.0 cm³/mol. The third-order valence-electron chi connectivity index (χ3n) is 3.59. The van der Waals surface area contributed by atoms with E-state index in [4.69, 9.17) is 0 Å². The van der Waals surface area contributed by atoms with Crippen molar-refractivity contribution in [1.82, 2.24) is 5.32 Å². The molecule has 0 saturated heterocycles. The maximum absolute atomic E-state index is 13.4. The number of alkyl halides is 3. The van der Waals surface area contributed by atoms with Gasteiger partial charge in [0.1, 0.15) is 5.82 Å². The summed E-state index contributed by atoms with van der Waals surface area (Å²) < 4.78 is 49.8. The number of hydrogen-bond acceptors (Lipinski definition) is 2. The van der Waals surface area contributed by atoms with Gasteiger partial charge in [0.15, 0.2) is 0 Å². The van der Waals surface area contributed by atoms with E-state index in [0.717, 1.165) is 22.6 Å². The highest BCUT2D eigenvalue weighted by Crippen LogP contribution is 2.36. The van der Waals surface area contributed by atoms with Crippen LogP contribution in [-0.4, -0.2) is 18.0 Å². The third kappa shape index (κ3) is 5.18. The molecule has 1 aliphatic heterocycles. The lowest BCUT2D eigenvalue weighted by atomic mass is 10.0. The molecule has 2 atom stereocenters. The zero-order chi connectivity index (χ0) is 15.5. The van der Waals surface area contributed by atoms with Gasteiger partial charge in [-0.1, -0.05) is 0 Å². The molecule has 6 heteroatoms. The molecule has 21 heavy (non-hydrogen) atoms. The van der Waals surface area contributed by atoms with Crippen LogP contribution in [0.3, 0.4) is 0 Å². The summed E-state index contributed by atoms with van der Waals surface area (Å²) in [6, 6.07) is 4.76. The average molecular weight is 321 g/mol. The maximum atomic E-state index is 13.4. The van der Waals surface area contributed by atoms with Crippen molar-refractivity contribution >= 4 is 11.8 Å². The number of benzene rings is 1. The third-order valence-corrected chi connectivity index (χ3v) is 4.72. The molecule has 1 heterocycles. The van der Waals surface area contributed by atoms with Crippen molar-refractivity contribution in [2.45, 2.75) is 55.8 Å². The van der Waals surface area contributed by atoms with Crippen molar-refractivity contribution in [1.29, 1.82) is 0 Å². The molecule has 2 unspecified atom stereocenters. The summed E-state index contributed by atoms with van der Waals surface area (Å²) in [5.41, 5.74) is 0.925.